The molecule has 0 aliphatic heterocycles. The van der Waals surface area contributed by atoms with E-state index in [1.165, 1.54) is 0 Å². The van der Waals surface area contributed by atoms with Crippen LogP contribution in [0.2, 0.25) is 0 Å². The minimum atomic E-state index is 0.377. The maximum atomic E-state index is 5.76. The van der Waals surface area contributed by atoms with E-state index < -0.39 is 0 Å². The second-order valence-electron chi connectivity index (χ2n) is 4.42. The van der Waals surface area contributed by atoms with E-state index in [0.717, 1.165) is 21.5 Å². The van der Waals surface area contributed by atoms with E-state index in [2.05, 4.69) is 45.8 Å². The third-order valence-corrected chi connectivity index (χ3v) is 3.06. The quantitative estimate of drug-likeness (QED) is 0.839. The van der Waals surface area contributed by atoms with Crippen LogP contribution in [0.4, 0.5) is 0 Å². The van der Waals surface area contributed by atoms with Crippen molar-refractivity contribution in [1.82, 2.24) is 9.97 Å². The molecule has 3 nitrogen and oxygen atoms in total. The predicted molar refractivity (Wildman–Crippen MR) is 75.1 cm³/mol. The third-order valence-electron chi connectivity index (χ3n) is 2.57. The Morgan fingerprint density at radius 1 is 1.22 bits per heavy atom. The van der Waals surface area contributed by atoms with Crippen molar-refractivity contribution in [2.24, 2.45) is 0 Å². The summed E-state index contributed by atoms with van der Waals surface area (Å²) in [6.07, 6.45) is 1.70. The Bertz CT molecular complexity index is 555. The van der Waals surface area contributed by atoms with E-state index in [9.17, 15) is 0 Å². The van der Waals surface area contributed by atoms with Crippen LogP contribution in [0.5, 0.6) is 11.8 Å². The lowest BCUT2D eigenvalue weighted by atomic mass is 10.0. The summed E-state index contributed by atoms with van der Waals surface area (Å²) in [5.74, 6) is 1.18. The average molecular weight is 307 g/mol. The van der Waals surface area contributed by atoms with Crippen molar-refractivity contribution in [3.63, 3.8) is 0 Å². The Morgan fingerprint density at radius 3 is 2.67 bits per heavy atom. The van der Waals surface area contributed by atoms with E-state index in [-0.39, 0.29) is 0 Å². The summed E-state index contributed by atoms with van der Waals surface area (Å²) >= 11 is 3.47. The monoisotopic (exact) mass is 306 g/mol. The number of benzene rings is 1. The molecule has 0 saturated heterocycles. The topological polar surface area (TPSA) is 35.0 Å². The number of aryl methyl sites for hydroxylation is 1. The molecule has 0 spiro atoms. The van der Waals surface area contributed by atoms with Crippen LogP contribution in [0.25, 0.3) is 0 Å². The highest BCUT2D eigenvalue weighted by atomic mass is 79.9. The Kier molecular flexibility index (Phi) is 3.97. The normalized spacial score (nSPS) is 10.7. The highest BCUT2D eigenvalue weighted by Gasteiger charge is 2.10. The number of hydrogen-bond acceptors (Lipinski definition) is 3. The first-order valence-electron chi connectivity index (χ1n) is 5.83. The van der Waals surface area contributed by atoms with Crippen molar-refractivity contribution >= 4 is 15.9 Å². The molecule has 0 bridgehead atoms. The Hall–Kier alpha value is -1.42. The minimum Gasteiger partial charge on any atom is -0.424 e. The number of ether oxygens (including phenoxy) is 1. The number of rotatable bonds is 3. The van der Waals surface area contributed by atoms with Crippen molar-refractivity contribution in [3.8, 4) is 11.8 Å². The van der Waals surface area contributed by atoms with Gasteiger partial charge >= 0.3 is 6.01 Å². The van der Waals surface area contributed by atoms with E-state index in [0.29, 0.717) is 11.9 Å². The molecule has 0 saturated carbocycles. The number of nitrogens with zero attached hydrogens (tertiary/aromatic N) is 2. The Morgan fingerprint density at radius 2 is 2.00 bits per heavy atom. The van der Waals surface area contributed by atoms with Crippen LogP contribution in [0.15, 0.2) is 34.9 Å². The van der Waals surface area contributed by atoms with E-state index in [1.54, 1.807) is 6.20 Å². The van der Waals surface area contributed by atoms with Gasteiger partial charge in [-0.25, -0.2) is 9.97 Å². The van der Waals surface area contributed by atoms with E-state index >= 15 is 0 Å². The van der Waals surface area contributed by atoms with E-state index in [1.807, 2.05) is 25.1 Å². The molecule has 1 aromatic carbocycles. The van der Waals surface area contributed by atoms with Gasteiger partial charge in [-0.15, -0.1) is 0 Å². The molecule has 0 unspecified atom stereocenters. The predicted octanol–water partition coefficient (Wildman–Crippen LogP) is 4.46. The molecule has 1 heterocycles. The van der Waals surface area contributed by atoms with Gasteiger partial charge in [0.25, 0.3) is 0 Å². The van der Waals surface area contributed by atoms with Crippen LogP contribution in [0.3, 0.4) is 0 Å². The van der Waals surface area contributed by atoms with Crippen LogP contribution in [0.1, 0.15) is 31.0 Å². The summed E-state index contributed by atoms with van der Waals surface area (Å²) < 4.78 is 6.81. The van der Waals surface area contributed by atoms with Gasteiger partial charge in [0.15, 0.2) is 0 Å². The lowest BCUT2D eigenvalue weighted by molar-refractivity contribution is 0.433. The van der Waals surface area contributed by atoms with Crippen LogP contribution in [0, 0.1) is 6.92 Å². The maximum Gasteiger partial charge on any atom is 0.322 e. The van der Waals surface area contributed by atoms with Gasteiger partial charge in [-0.2, -0.15) is 0 Å². The van der Waals surface area contributed by atoms with Gasteiger partial charge in [-0.05, 0) is 42.7 Å². The van der Waals surface area contributed by atoms with Gasteiger partial charge in [-0.3, -0.25) is 0 Å². The maximum absolute atomic E-state index is 5.76. The Balaban J connectivity index is 2.34. The van der Waals surface area contributed by atoms with Crippen molar-refractivity contribution in [2.75, 3.05) is 0 Å². The second kappa shape index (κ2) is 5.48. The fourth-order valence-corrected chi connectivity index (χ4v) is 2.02. The molecule has 0 aliphatic rings. The SMILES string of the molecule is Cc1ccnc(Oc2ccc(Br)cc2C(C)C)n1. The summed E-state index contributed by atoms with van der Waals surface area (Å²) in [5, 5.41) is 0. The smallest absolute Gasteiger partial charge is 0.322 e. The lowest BCUT2D eigenvalue weighted by Gasteiger charge is -2.13. The van der Waals surface area contributed by atoms with Gasteiger partial charge < -0.3 is 4.74 Å². The number of hydrogen-bond donors (Lipinski definition) is 0. The molecule has 0 radical (unpaired) electrons. The first-order valence-corrected chi connectivity index (χ1v) is 6.62. The molecule has 0 atom stereocenters. The summed E-state index contributed by atoms with van der Waals surface area (Å²) in [6.45, 7) is 6.18. The zero-order chi connectivity index (χ0) is 13.1. The molecule has 1 aromatic heterocycles. The summed E-state index contributed by atoms with van der Waals surface area (Å²) in [7, 11) is 0. The van der Waals surface area contributed by atoms with Crippen LogP contribution in [-0.2, 0) is 0 Å². The number of halogens is 1. The summed E-state index contributed by atoms with van der Waals surface area (Å²) in [6, 6.07) is 8.19. The molecule has 94 valence electrons. The molecule has 2 aromatic rings. The largest absolute Gasteiger partial charge is 0.424 e. The molecular formula is C14H15BrN2O. The summed E-state index contributed by atoms with van der Waals surface area (Å²) in [5.41, 5.74) is 2.03. The molecule has 0 amide bonds. The standard InChI is InChI=1S/C14H15BrN2O/c1-9(2)12-8-11(15)4-5-13(12)18-14-16-7-6-10(3)17-14/h4-9H,1-3H3. The molecule has 18 heavy (non-hydrogen) atoms. The fourth-order valence-electron chi connectivity index (χ4n) is 1.64. The average Bonchev–Trinajstić information content (AvgIpc) is 2.31. The highest BCUT2D eigenvalue weighted by Crippen LogP contribution is 2.31. The van der Waals surface area contributed by atoms with Crippen LogP contribution in [-0.4, -0.2) is 9.97 Å². The first kappa shape index (κ1) is 13.0. The second-order valence-corrected chi connectivity index (χ2v) is 5.34. The lowest BCUT2D eigenvalue weighted by Crippen LogP contribution is -1.97. The first-order chi connectivity index (χ1) is 8.56. The van der Waals surface area contributed by atoms with Gasteiger partial charge in [0.05, 0.1) is 0 Å². The Labute approximate surface area is 115 Å². The zero-order valence-corrected chi connectivity index (χ0v) is 12.2. The zero-order valence-electron chi connectivity index (χ0n) is 10.6. The van der Waals surface area contributed by atoms with Gasteiger partial charge in [0.1, 0.15) is 5.75 Å². The van der Waals surface area contributed by atoms with Gasteiger partial charge in [0.2, 0.25) is 0 Å². The van der Waals surface area contributed by atoms with Gasteiger partial charge in [0, 0.05) is 16.4 Å². The minimum absolute atomic E-state index is 0.377. The van der Waals surface area contributed by atoms with Crippen LogP contribution >= 0.6 is 15.9 Å². The molecule has 0 aliphatic carbocycles. The van der Waals surface area contributed by atoms with Crippen molar-refractivity contribution in [3.05, 3.63) is 46.2 Å². The third kappa shape index (κ3) is 3.07. The molecule has 0 N–H and O–H groups in total. The van der Waals surface area contributed by atoms with Gasteiger partial charge in [-0.1, -0.05) is 29.8 Å². The van der Waals surface area contributed by atoms with Crippen LogP contribution < -0.4 is 4.74 Å². The highest BCUT2D eigenvalue weighted by molar-refractivity contribution is 9.10. The molecular weight excluding hydrogens is 292 g/mol. The van der Waals surface area contributed by atoms with Crippen molar-refractivity contribution in [1.29, 1.82) is 0 Å². The fraction of sp³-hybridized carbons (Fsp3) is 0.286. The van der Waals surface area contributed by atoms with Crippen molar-refractivity contribution < 1.29 is 4.74 Å². The molecule has 2 rings (SSSR count). The van der Waals surface area contributed by atoms with Crippen molar-refractivity contribution in [2.45, 2.75) is 26.7 Å². The molecule has 0 fully saturated rings. The van der Waals surface area contributed by atoms with E-state index in [4.69, 9.17) is 4.74 Å². The molecule has 4 heteroatoms. The summed E-state index contributed by atoms with van der Waals surface area (Å²) in [4.78, 5) is 8.36. The number of aromatic nitrogens is 2.